The van der Waals surface area contributed by atoms with Crippen molar-refractivity contribution in [3.05, 3.63) is 84.2 Å². The van der Waals surface area contributed by atoms with E-state index in [2.05, 4.69) is 22.8 Å². The molecule has 0 radical (unpaired) electrons. The summed E-state index contributed by atoms with van der Waals surface area (Å²) in [4.78, 5) is 59.3. The maximum atomic E-state index is 12.4. The Morgan fingerprint density at radius 3 is 1.34 bits per heavy atom. The molecule has 0 saturated heterocycles. The Morgan fingerprint density at radius 1 is 0.636 bits per heavy atom. The molecule has 0 unspecified atom stereocenters. The highest BCUT2D eigenvalue weighted by atomic mass is 16.5. The van der Waals surface area contributed by atoms with Gasteiger partial charge in [0.1, 0.15) is 11.1 Å². The van der Waals surface area contributed by atoms with Crippen LogP contribution in [0.3, 0.4) is 0 Å². The highest BCUT2D eigenvalue weighted by molar-refractivity contribution is 6.24. The van der Waals surface area contributed by atoms with Crippen LogP contribution in [0, 0.1) is 0 Å². The van der Waals surface area contributed by atoms with E-state index in [9.17, 15) is 19.2 Å². The van der Waals surface area contributed by atoms with Gasteiger partial charge in [0, 0.05) is 23.2 Å². The average molecular weight is 591 g/mol. The zero-order valence-electron chi connectivity index (χ0n) is 24.7. The molecule has 222 valence electrons. The molecule has 0 bridgehead atoms. The third-order valence-corrected chi connectivity index (χ3v) is 6.95. The largest absolute Gasteiger partial charge is 0.462 e. The predicted octanol–water partition coefficient (Wildman–Crippen LogP) is 5.99. The van der Waals surface area contributed by atoms with Crippen LogP contribution in [0.1, 0.15) is 27.7 Å². The number of hydrogen-bond donors (Lipinski definition) is 2. The van der Waals surface area contributed by atoms with Crippen molar-refractivity contribution >= 4 is 78.5 Å². The van der Waals surface area contributed by atoms with E-state index in [1.165, 1.54) is 26.2 Å². The van der Waals surface area contributed by atoms with Crippen molar-refractivity contribution in [1.29, 1.82) is 0 Å². The molecule has 0 atom stereocenters. The van der Waals surface area contributed by atoms with Crippen molar-refractivity contribution in [3.8, 4) is 0 Å². The summed E-state index contributed by atoms with van der Waals surface area (Å²) in [5.74, 6) is -2.52. The van der Waals surface area contributed by atoms with Gasteiger partial charge in [-0.1, -0.05) is 48.5 Å². The smallest absolute Gasteiger partial charge is 0.343 e. The van der Waals surface area contributed by atoms with Gasteiger partial charge >= 0.3 is 11.9 Å². The van der Waals surface area contributed by atoms with Crippen LogP contribution in [-0.4, -0.2) is 46.7 Å². The van der Waals surface area contributed by atoms with E-state index in [1.807, 2.05) is 36.4 Å². The summed E-state index contributed by atoms with van der Waals surface area (Å²) >= 11 is 0. The molecule has 0 aliphatic carbocycles. The molecule has 5 rings (SSSR count). The van der Waals surface area contributed by atoms with Crippen molar-refractivity contribution in [2.75, 3.05) is 23.8 Å². The second kappa shape index (κ2) is 12.7. The summed E-state index contributed by atoms with van der Waals surface area (Å²) in [6.07, 6.45) is 2.51. The Hall–Kier alpha value is -5.64. The highest BCUT2D eigenvalue weighted by Crippen LogP contribution is 2.35. The fourth-order valence-corrected chi connectivity index (χ4v) is 4.89. The third-order valence-electron chi connectivity index (χ3n) is 6.95. The molecule has 4 aromatic carbocycles. The minimum absolute atomic E-state index is 0.101. The van der Waals surface area contributed by atoms with Crippen LogP contribution in [0.25, 0.3) is 43.6 Å². The van der Waals surface area contributed by atoms with Crippen molar-refractivity contribution < 1.29 is 28.7 Å². The van der Waals surface area contributed by atoms with E-state index < -0.39 is 23.5 Å². The first-order valence-corrected chi connectivity index (χ1v) is 14.1. The molecule has 0 aliphatic rings. The van der Waals surface area contributed by atoms with Crippen molar-refractivity contribution in [2.45, 2.75) is 27.7 Å². The van der Waals surface area contributed by atoms with Gasteiger partial charge in [0.2, 0.25) is 0 Å². The quantitative estimate of drug-likeness (QED) is 0.0499. The van der Waals surface area contributed by atoms with E-state index in [4.69, 9.17) is 19.4 Å². The lowest BCUT2D eigenvalue weighted by molar-refractivity contribution is -0.141. The number of ketones is 2. The number of carbonyl (C=O) groups is 4. The first kappa shape index (κ1) is 29.8. The Bertz CT molecular complexity index is 1900. The number of carbonyl (C=O) groups excluding carboxylic acids is 4. The fourth-order valence-electron chi connectivity index (χ4n) is 4.89. The Labute approximate surface area is 252 Å². The molecular weight excluding hydrogens is 560 g/mol. The van der Waals surface area contributed by atoms with Gasteiger partial charge in [-0.15, -0.1) is 0 Å². The number of hydrogen-bond acceptors (Lipinski definition) is 10. The van der Waals surface area contributed by atoms with E-state index in [0.717, 1.165) is 21.5 Å². The lowest BCUT2D eigenvalue weighted by Gasteiger charge is -2.14. The maximum Gasteiger partial charge on any atom is 0.343 e. The summed E-state index contributed by atoms with van der Waals surface area (Å²) in [6.45, 7) is 6.02. The molecule has 44 heavy (non-hydrogen) atoms. The number of fused-ring (bicyclic) bond motifs is 7. The minimum atomic E-state index is -0.770. The van der Waals surface area contributed by atoms with E-state index in [1.54, 1.807) is 26.0 Å². The van der Waals surface area contributed by atoms with Crippen molar-refractivity contribution in [3.63, 3.8) is 0 Å². The van der Waals surface area contributed by atoms with Gasteiger partial charge in [0.25, 0.3) is 0 Å². The number of ether oxygens (including phenoxy) is 2. The maximum absolute atomic E-state index is 12.4. The molecule has 0 saturated carbocycles. The molecule has 1 aromatic heterocycles. The van der Waals surface area contributed by atoms with Gasteiger partial charge in [-0.25, -0.2) is 19.6 Å². The molecule has 0 spiro atoms. The van der Waals surface area contributed by atoms with Gasteiger partial charge in [0.05, 0.1) is 46.7 Å². The van der Waals surface area contributed by atoms with Crippen LogP contribution in [0.2, 0.25) is 0 Å². The zero-order chi connectivity index (χ0) is 31.4. The first-order valence-electron chi connectivity index (χ1n) is 14.1. The summed E-state index contributed by atoms with van der Waals surface area (Å²) < 4.78 is 10.1. The molecule has 10 nitrogen and oxygen atoms in total. The second-order valence-electron chi connectivity index (χ2n) is 9.86. The molecule has 2 N–H and O–H groups in total. The normalized spacial score (nSPS) is 12.0. The molecule has 1 heterocycles. The van der Waals surface area contributed by atoms with Gasteiger partial charge in [0.15, 0.2) is 11.6 Å². The number of benzene rings is 4. The first-order chi connectivity index (χ1) is 21.2. The Kier molecular flexibility index (Phi) is 8.61. The van der Waals surface area contributed by atoms with Crippen molar-refractivity contribution in [2.24, 2.45) is 0 Å². The third kappa shape index (κ3) is 5.82. The van der Waals surface area contributed by atoms with E-state index in [-0.39, 0.29) is 24.4 Å². The van der Waals surface area contributed by atoms with Gasteiger partial charge < -0.3 is 20.1 Å². The molecular formula is C34H30N4O6. The fraction of sp³-hybridized carbons (Fsp3) is 0.176. The minimum Gasteiger partial charge on any atom is -0.462 e. The topological polar surface area (TPSA) is 137 Å². The van der Waals surface area contributed by atoms with Crippen LogP contribution < -0.4 is 10.6 Å². The number of rotatable bonds is 10. The van der Waals surface area contributed by atoms with Crippen LogP contribution in [0.4, 0.5) is 11.4 Å². The zero-order valence-corrected chi connectivity index (χ0v) is 24.7. The monoisotopic (exact) mass is 590 g/mol. The van der Waals surface area contributed by atoms with Crippen LogP contribution in [-0.2, 0) is 28.7 Å². The summed E-state index contributed by atoms with van der Waals surface area (Å²) in [5, 5.41) is 9.98. The summed E-state index contributed by atoms with van der Waals surface area (Å²) in [5.41, 5.74) is 2.89. The number of nitrogens with one attached hydrogen (secondary N) is 2. The molecule has 0 aliphatic heterocycles. The summed E-state index contributed by atoms with van der Waals surface area (Å²) in [7, 11) is 0. The van der Waals surface area contributed by atoms with Gasteiger partial charge in [-0.2, -0.15) is 0 Å². The van der Waals surface area contributed by atoms with E-state index >= 15 is 0 Å². The summed E-state index contributed by atoms with van der Waals surface area (Å²) in [6, 6.07) is 19.4. The highest BCUT2D eigenvalue weighted by Gasteiger charge is 2.19. The van der Waals surface area contributed by atoms with E-state index in [0.29, 0.717) is 33.4 Å². The lowest BCUT2D eigenvalue weighted by atomic mass is 9.99. The number of anilines is 2. The van der Waals surface area contributed by atoms with Crippen LogP contribution in [0.5, 0.6) is 0 Å². The Morgan fingerprint density at radius 2 is 1.00 bits per heavy atom. The lowest BCUT2D eigenvalue weighted by Crippen LogP contribution is -2.16. The number of aromatic nitrogens is 2. The Balaban J connectivity index is 1.74. The van der Waals surface area contributed by atoms with Gasteiger partial charge in [-0.05, 0) is 50.6 Å². The SMILES string of the molecule is CCOC(=O)/C(=C/Nc1cc2nc3c4ccccc4c4ccccc4c3nc2cc1N/C=C(\C(C)=O)C(=O)OCC)C(C)=O. The molecule has 5 aromatic rings. The van der Waals surface area contributed by atoms with Crippen LogP contribution in [0.15, 0.2) is 84.2 Å². The molecule has 0 amide bonds. The molecule has 0 fully saturated rings. The number of nitrogens with zero attached hydrogens (tertiary/aromatic N) is 2. The van der Waals surface area contributed by atoms with Gasteiger partial charge in [-0.3, -0.25) is 9.59 Å². The predicted molar refractivity (Wildman–Crippen MR) is 170 cm³/mol. The number of Topliss-reactive ketones (excluding diaryl/α,β-unsaturated/α-hetero) is 2. The molecule has 10 heteroatoms. The van der Waals surface area contributed by atoms with Crippen molar-refractivity contribution in [1.82, 2.24) is 9.97 Å². The second-order valence-corrected chi connectivity index (χ2v) is 9.86. The standard InChI is InChI=1S/C34H30N4O6/c1-5-43-33(41)25(19(3)39)17-35-27-15-29-30(16-28(27)36-18-26(20(4)40)34(42)44-6-2)38-32-24-14-10-8-12-22(24)21-11-7-9-13-23(21)31(32)37-29/h7-18,35-36H,5-6H2,1-4H3/b25-17+,26-18+. The average Bonchev–Trinajstić information content (AvgIpc) is 3.00. The number of esters is 2. The van der Waals surface area contributed by atoms with Crippen LogP contribution >= 0.6 is 0 Å².